The second kappa shape index (κ2) is 7.32. The lowest BCUT2D eigenvalue weighted by atomic mass is 9.70. The maximum Gasteiger partial charge on any atom is 0.227 e. The van der Waals surface area contributed by atoms with Crippen molar-refractivity contribution < 1.29 is 4.79 Å². The second-order valence-electron chi connectivity index (χ2n) is 6.55. The number of benzene rings is 1. The predicted octanol–water partition coefficient (Wildman–Crippen LogP) is 5.59. The zero-order valence-corrected chi connectivity index (χ0v) is 15.7. The van der Waals surface area contributed by atoms with E-state index in [1.165, 1.54) is 6.42 Å². The summed E-state index contributed by atoms with van der Waals surface area (Å²) in [4.78, 5) is 12.7. The molecule has 1 aromatic carbocycles. The van der Waals surface area contributed by atoms with Crippen molar-refractivity contribution in [3.63, 3.8) is 0 Å². The van der Waals surface area contributed by atoms with Crippen molar-refractivity contribution in [2.24, 2.45) is 23.7 Å². The summed E-state index contributed by atoms with van der Waals surface area (Å²) in [5, 5.41) is 3.65. The average Bonchev–Trinajstić information content (AvgIpc) is 2.41. The Morgan fingerprint density at radius 1 is 1.38 bits per heavy atom. The highest BCUT2D eigenvalue weighted by atomic mass is 127. The Morgan fingerprint density at radius 3 is 2.71 bits per heavy atom. The molecule has 3 atom stereocenters. The first-order valence-corrected chi connectivity index (χ1v) is 9.10. The smallest absolute Gasteiger partial charge is 0.227 e. The quantitative estimate of drug-likeness (QED) is 0.636. The highest BCUT2D eigenvalue weighted by molar-refractivity contribution is 14.1. The van der Waals surface area contributed by atoms with Gasteiger partial charge < -0.3 is 5.32 Å². The minimum Gasteiger partial charge on any atom is -0.325 e. The van der Waals surface area contributed by atoms with Gasteiger partial charge in [0, 0.05) is 9.49 Å². The average molecular weight is 420 g/mol. The maximum absolute atomic E-state index is 12.7. The van der Waals surface area contributed by atoms with Gasteiger partial charge in [0.05, 0.1) is 10.7 Å². The summed E-state index contributed by atoms with van der Waals surface area (Å²) in [5.74, 6) is 1.87. The number of halogens is 2. The van der Waals surface area contributed by atoms with Gasteiger partial charge >= 0.3 is 0 Å². The van der Waals surface area contributed by atoms with Crippen molar-refractivity contribution in [3.8, 4) is 0 Å². The number of anilines is 1. The molecule has 2 rings (SSSR count). The van der Waals surface area contributed by atoms with Gasteiger partial charge in [0.1, 0.15) is 0 Å². The summed E-state index contributed by atoms with van der Waals surface area (Å²) >= 11 is 8.44. The molecule has 1 aliphatic rings. The van der Waals surface area contributed by atoms with Crippen LogP contribution in [0.5, 0.6) is 0 Å². The maximum atomic E-state index is 12.7. The molecule has 1 N–H and O–H groups in total. The summed E-state index contributed by atoms with van der Waals surface area (Å²) in [6.07, 6.45) is 3.37. The van der Waals surface area contributed by atoms with E-state index >= 15 is 0 Å². The lowest BCUT2D eigenvalue weighted by Gasteiger charge is -2.36. The van der Waals surface area contributed by atoms with Crippen molar-refractivity contribution in [2.45, 2.75) is 40.0 Å². The molecule has 4 heteroatoms. The van der Waals surface area contributed by atoms with E-state index in [1.54, 1.807) is 0 Å². The number of carbonyl (C=O) groups excluding carboxylic acids is 1. The molecule has 116 valence electrons. The molecule has 1 aliphatic carbocycles. The van der Waals surface area contributed by atoms with Crippen LogP contribution in [0.3, 0.4) is 0 Å². The molecule has 0 aliphatic heterocycles. The molecule has 1 amide bonds. The Kier molecular flexibility index (Phi) is 5.95. The summed E-state index contributed by atoms with van der Waals surface area (Å²) < 4.78 is 1.07. The van der Waals surface area contributed by atoms with E-state index in [-0.39, 0.29) is 11.8 Å². The number of hydrogen-bond acceptors (Lipinski definition) is 1. The molecule has 0 spiro atoms. The van der Waals surface area contributed by atoms with Crippen LogP contribution in [0.15, 0.2) is 18.2 Å². The van der Waals surface area contributed by atoms with Gasteiger partial charge in [-0.3, -0.25) is 4.79 Å². The van der Waals surface area contributed by atoms with Gasteiger partial charge in [0.25, 0.3) is 0 Å². The normalized spacial score (nSPS) is 25.9. The monoisotopic (exact) mass is 419 g/mol. The number of amides is 1. The first-order valence-electron chi connectivity index (χ1n) is 7.64. The highest BCUT2D eigenvalue weighted by Gasteiger charge is 2.35. The molecule has 2 nitrogen and oxygen atoms in total. The van der Waals surface area contributed by atoms with Gasteiger partial charge in [-0.2, -0.15) is 0 Å². The molecule has 0 aromatic heterocycles. The Morgan fingerprint density at radius 2 is 2.10 bits per heavy atom. The predicted molar refractivity (Wildman–Crippen MR) is 97.6 cm³/mol. The topological polar surface area (TPSA) is 29.1 Å². The lowest BCUT2D eigenvalue weighted by molar-refractivity contribution is -0.123. The van der Waals surface area contributed by atoms with Crippen LogP contribution in [0.25, 0.3) is 0 Å². The Labute approximate surface area is 146 Å². The highest BCUT2D eigenvalue weighted by Crippen LogP contribution is 2.39. The molecule has 0 radical (unpaired) electrons. The van der Waals surface area contributed by atoms with Crippen LogP contribution in [0.1, 0.15) is 40.0 Å². The molecular formula is C17H23ClINO. The van der Waals surface area contributed by atoms with Gasteiger partial charge in [0.15, 0.2) is 0 Å². The van der Waals surface area contributed by atoms with Crippen molar-refractivity contribution in [2.75, 3.05) is 5.32 Å². The van der Waals surface area contributed by atoms with E-state index in [0.29, 0.717) is 22.8 Å². The minimum absolute atomic E-state index is 0.101. The number of rotatable bonds is 3. The minimum atomic E-state index is 0.101. The Balaban J connectivity index is 2.13. The fourth-order valence-corrected chi connectivity index (χ4v) is 4.22. The zero-order valence-electron chi connectivity index (χ0n) is 12.8. The van der Waals surface area contributed by atoms with E-state index < -0.39 is 0 Å². The van der Waals surface area contributed by atoms with E-state index in [9.17, 15) is 4.79 Å². The van der Waals surface area contributed by atoms with Gasteiger partial charge in [-0.25, -0.2) is 0 Å². The Hall–Kier alpha value is -0.290. The standard InChI is InChI=1S/C17H23ClINO/c1-10(2)13-6-4-11(3)8-14(13)17(21)20-16-7-5-12(19)9-15(16)18/h5,7,9-11,13-14H,4,6,8H2,1-3H3,(H,20,21)/t11-,13+,14-/m1/s1. The largest absolute Gasteiger partial charge is 0.325 e. The number of hydrogen-bond donors (Lipinski definition) is 1. The van der Waals surface area contributed by atoms with Crippen LogP contribution in [-0.4, -0.2) is 5.91 Å². The zero-order chi connectivity index (χ0) is 15.6. The molecule has 0 bridgehead atoms. The third-order valence-electron chi connectivity index (χ3n) is 4.55. The fourth-order valence-electron chi connectivity index (χ4n) is 3.32. The molecule has 21 heavy (non-hydrogen) atoms. The third-order valence-corrected chi connectivity index (χ3v) is 5.53. The van der Waals surface area contributed by atoms with Gasteiger partial charge in [-0.05, 0) is 71.4 Å². The van der Waals surface area contributed by atoms with Gasteiger partial charge in [-0.15, -0.1) is 0 Å². The SMILES string of the molecule is CC(C)[C@@H]1CC[C@@H](C)C[C@H]1C(=O)Nc1ccc(I)cc1Cl. The fraction of sp³-hybridized carbons (Fsp3) is 0.588. The second-order valence-corrected chi connectivity index (χ2v) is 8.20. The molecular weight excluding hydrogens is 397 g/mol. The molecule has 1 fully saturated rings. The van der Waals surface area contributed by atoms with Crippen molar-refractivity contribution in [3.05, 3.63) is 26.8 Å². The first kappa shape index (κ1) is 17.1. The van der Waals surface area contributed by atoms with Crippen molar-refractivity contribution in [1.82, 2.24) is 0 Å². The summed E-state index contributed by atoms with van der Waals surface area (Å²) in [7, 11) is 0. The van der Waals surface area contributed by atoms with Crippen LogP contribution in [0, 0.1) is 27.2 Å². The molecule has 0 saturated heterocycles. The van der Waals surface area contributed by atoms with E-state index in [4.69, 9.17) is 11.6 Å². The van der Waals surface area contributed by atoms with Crippen molar-refractivity contribution in [1.29, 1.82) is 0 Å². The van der Waals surface area contributed by atoms with Crippen LogP contribution in [0.4, 0.5) is 5.69 Å². The Bertz CT molecular complexity index is 518. The summed E-state index contributed by atoms with van der Waals surface area (Å²) in [6, 6.07) is 5.73. The third kappa shape index (κ3) is 4.35. The van der Waals surface area contributed by atoms with E-state index in [0.717, 1.165) is 22.1 Å². The first-order chi connectivity index (χ1) is 9.88. The van der Waals surface area contributed by atoms with Gasteiger partial charge in [0.2, 0.25) is 5.91 Å². The van der Waals surface area contributed by atoms with Gasteiger partial charge in [-0.1, -0.05) is 38.8 Å². The molecule has 0 unspecified atom stereocenters. The number of nitrogens with one attached hydrogen (secondary N) is 1. The van der Waals surface area contributed by atoms with E-state index in [2.05, 4.69) is 48.7 Å². The van der Waals surface area contributed by atoms with Crippen LogP contribution in [-0.2, 0) is 4.79 Å². The molecule has 0 heterocycles. The van der Waals surface area contributed by atoms with E-state index in [1.807, 2.05) is 18.2 Å². The summed E-state index contributed by atoms with van der Waals surface area (Å²) in [6.45, 7) is 6.69. The molecule has 1 saturated carbocycles. The van der Waals surface area contributed by atoms with Crippen LogP contribution >= 0.6 is 34.2 Å². The van der Waals surface area contributed by atoms with Crippen LogP contribution < -0.4 is 5.32 Å². The summed E-state index contributed by atoms with van der Waals surface area (Å²) in [5.41, 5.74) is 0.725. The number of carbonyl (C=O) groups is 1. The lowest BCUT2D eigenvalue weighted by Crippen LogP contribution is -2.36. The van der Waals surface area contributed by atoms with Crippen LogP contribution in [0.2, 0.25) is 5.02 Å². The van der Waals surface area contributed by atoms with Crippen molar-refractivity contribution >= 4 is 45.8 Å². The molecule has 1 aromatic rings.